The van der Waals surface area contributed by atoms with Crippen molar-refractivity contribution in [2.75, 3.05) is 6.61 Å². The number of aliphatic hydroxyl groups excluding tert-OH is 1. The van der Waals surface area contributed by atoms with E-state index in [1.54, 1.807) is 0 Å². The van der Waals surface area contributed by atoms with Gasteiger partial charge in [-0.3, -0.25) is 0 Å². The first kappa shape index (κ1) is 13.1. The number of imidazole rings is 1. The van der Waals surface area contributed by atoms with Crippen molar-refractivity contribution >= 4 is 11.0 Å². The summed E-state index contributed by atoms with van der Waals surface area (Å²) in [7, 11) is 0. The average molecular weight is 247 g/mol. The maximum absolute atomic E-state index is 8.95. The van der Waals surface area contributed by atoms with Crippen molar-refractivity contribution < 1.29 is 5.11 Å². The van der Waals surface area contributed by atoms with Gasteiger partial charge in [0.1, 0.15) is 5.82 Å². The Balaban J connectivity index is 2.44. The highest BCUT2D eigenvalue weighted by Crippen LogP contribution is 2.19. The zero-order valence-electron chi connectivity index (χ0n) is 10.9. The number of benzene rings is 1. The maximum Gasteiger partial charge on any atom is 0.109 e. The molecule has 0 radical (unpaired) electrons. The average Bonchev–Trinajstić information content (AvgIpc) is 2.74. The third-order valence-corrected chi connectivity index (χ3v) is 3.13. The van der Waals surface area contributed by atoms with Gasteiger partial charge in [-0.1, -0.05) is 13.0 Å². The molecule has 0 saturated carbocycles. The van der Waals surface area contributed by atoms with Gasteiger partial charge in [-0.25, -0.2) is 4.98 Å². The van der Waals surface area contributed by atoms with Gasteiger partial charge in [-0.05, 0) is 30.5 Å². The van der Waals surface area contributed by atoms with Gasteiger partial charge in [-0.15, -0.1) is 0 Å². The van der Waals surface area contributed by atoms with Crippen LogP contribution in [-0.2, 0) is 19.5 Å². The molecule has 0 aliphatic carbocycles. The Morgan fingerprint density at radius 3 is 2.89 bits per heavy atom. The van der Waals surface area contributed by atoms with Crippen LogP contribution in [0.25, 0.3) is 11.0 Å². The second kappa shape index (κ2) is 5.98. The Bertz CT molecular complexity index is 519. The van der Waals surface area contributed by atoms with Gasteiger partial charge >= 0.3 is 0 Å². The van der Waals surface area contributed by atoms with Crippen LogP contribution in [0.1, 0.15) is 31.2 Å². The van der Waals surface area contributed by atoms with Crippen molar-refractivity contribution in [3.05, 3.63) is 29.6 Å². The molecule has 2 aromatic rings. The van der Waals surface area contributed by atoms with Gasteiger partial charge in [0, 0.05) is 26.1 Å². The lowest BCUT2D eigenvalue weighted by Crippen LogP contribution is -2.04. The smallest absolute Gasteiger partial charge is 0.109 e. The molecule has 1 heterocycles. The fourth-order valence-electron chi connectivity index (χ4n) is 2.25. The summed E-state index contributed by atoms with van der Waals surface area (Å²) in [6.45, 7) is 3.89. The van der Waals surface area contributed by atoms with Crippen molar-refractivity contribution in [3.8, 4) is 0 Å². The first-order chi connectivity index (χ1) is 8.80. The molecule has 4 nitrogen and oxygen atoms in total. The predicted molar refractivity (Wildman–Crippen MR) is 73.3 cm³/mol. The standard InChI is InChI=1S/C14H21N3O/c1-2-7-17-13-6-5-11(10-15)9-12(13)16-14(17)4-3-8-18/h5-6,9,18H,2-4,7-8,10,15H2,1H3. The zero-order valence-corrected chi connectivity index (χ0v) is 10.9. The van der Waals surface area contributed by atoms with Crippen LogP contribution in [-0.4, -0.2) is 21.3 Å². The van der Waals surface area contributed by atoms with E-state index in [1.165, 1.54) is 5.52 Å². The Kier molecular flexibility index (Phi) is 4.33. The molecule has 3 N–H and O–H groups in total. The van der Waals surface area contributed by atoms with Gasteiger partial charge < -0.3 is 15.4 Å². The molecule has 0 unspecified atom stereocenters. The summed E-state index contributed by atoms with van der Waals surface area (Å²) in [5.41, 5.74) is 8.95. The first-order valence-corrected chi connectivity index (χ1v) is 6.59. The van der Waals surface area contributed by atoms with E-state index in [-0.39, 0.29) is 6.61 Å². The molecule has 2 rings (SSSR count). The SMILES string of the molecule is CCCn1c(CCCO)nc2cc(CN)ccc21. The van der Waals surface area contributed by atoms with Crippen molar-refractivity contribution in [2.45, 2.75) is 39.3 Å². The normalized spacial score (nSPS) is 11.3. The molecule has 0 spiro atoms. The van der Waals surface area contributed by atoms with E-state index < -0.39 is 0 Å². The summed E-state index contributed by atoms with van der Waals surface area (Å²) in [4.78, 5) is 4.67. The van der Waals surface area contributed by atoms with Crippen LogP contribution < -0.4 is 5.73 Å². The number of aryl methyl sites for hydroxylation is 2. The van der Waals surface area contributed by atoms with Crippen LogP contribution in [0.15, 0.2) is 18.2 Å². The van der Waals surface area contributed by atoms with Crippen LogP contribution >= 0.6 is 0 Å². The van der Waals surface area contributed by atoms with Crippen LogP contribution in [0.5, 0.6) is 0 Å². The molecule has 0 aliphatic rings. The number of aromatic nitrogens is 2. The monoisotopic (exact) mass is 247 g/mol. The Labute approximate surface area is 107 Å². The summed E-state index contributed by atoms with van der Waals surface area (Å²) in [6, 6.07) is 6.22. The maximum atomic E-state index is 8.95. The topological polar surface area (TPSA) is 64.1 Å². The summed E-state index contributed by atoms with van der Waals surface area (Å²) < 4.78 is 2.26. The van der Waals surface area contributed by atoms with Gasteiger partial charge in [0.05, 0.1) is 11.0 Å². The summed E-state index contributed by atoms with van der Waals surface area (Å²) in [5.74, 6) is 1.06. The van der Waals surface area contributed by atoms with Gasteiger partial charge in [0.15, 0.2) is 0 Å². The van der Waals surface area contributed by atoms with Crippen molar-refractivity contribution in [3.63, 3.8) is 0 Å². The molecule has 4 heteroatoms. The number of nitrogens with zero attached hydrogens (tertiary/aromatic N) is 2. The van der Waals surface area contributed by atoms with E-state index >= 15 is 0 Å². The van der Waals surface area contributed by atoms with Crippen molar-refractivity contribution in [2.24, 2.45) is 5.73 Å². The fourth-order valence-corrected chi connectivity index (χ4v) is 2.25. The minimum Gasteiger partial charge on any atom is -0.396 e. The molecule has 18 heavy (non-hydrogen) atoms. The molecule has 0 saturated heterocycles. The first-order valence-electron chi connectivity index (χ1n) is 6.59. The molecule has 0 amide bonds. The number of nitrogens with two attached hydrogens (primary N) is 1. The van der Waals surface area contributed by atoms with E-state index in [2.05, 4.69) is 34.7 Å². The number of fused-ring (bicyclic) bond motifs is 1. The number of hydrogen-bond acceptors (Lipinski definition) is 3. The van der Waals surface area contributed by atoms with Gasteiger partial charge in [0.2, 0.25) is 0 Å². The van der Waals surface area contributed by atoms with E-state index in [4.69, 9.17) is 10.8 Å². The minimum atomic E-state index is 0.212. The fraction of sp³-hybridized carbons (Fsp3) is 0.500. The molecule has 98 valence electrons. The van der Waals surface area contributed by atoms with Crippen LogP contribution in [0.4, 0.5) is 0 Å². The Morgan fingerprint density at radius 2 is 2.22 bits per heavy atom. The van der Waals surface area contributed by atoms with Crippen molar-refractivity contribution in [1.29, 1.82) is 0 Å². The number of rotatable bonds is 6. The molecular weight excluding hydrogens is 226 g/mol. The van der Waals surface area contributed by atoms with Crippen LogP contribution in [0, 0.1) is 0 Å². The lowest BCUT2D eigenvalue weighted by Gasteiger charge is -2.07. The molecule has 0 bridgehead atoms. The molecule has 1 aromatic heterocycles. The summed E-state index contributed by atoms with van der Waals surface area (Å²) in [6.07, 6.45) is 2.66. The summed E-state index contributed by atoms with van der Waals surface area (Å²) >= 11 is 0. The second-order valence-electron chi connectivity index (χ2n) is 4.53. The quantitative estimate of drug-likeness (QED) is 0.818. The lowest BCUT2D eigenvalue weighted by atomic mass is 10.2. The summed E-state index contributed by atoms with van der Waals surface area (Å²) in [5, 5.41) is 8.95. The second-order valence-corrected chi connectivity index (χ2v) is 4.53. The van der Waals surface area contributed by atoms with E-state index in [1.807, 2.05) is 0 Å². The van der Waals surface area contributed by atoms with Crippen LogP contribution in [0.3, 0.4) is 0 Å². The lowest BCUT2D eigenvalue weighted by molar-refractivity contribution is 0.287. The third-order valence-electron chi connectivity index (χ3n) is 3.13. The predicted octanol–water partition coefficient (Wildman–Crippen LogP) is 1.83. The van der Waals surface area contributed by atoms with E-state index in [0.29, 0.717) is 6.54 Å². The molecule has 0 fully saturated rings. The minimum absolute atomic E-state index is 0.212. The number of hydrogen-bond donors (Lipinski definition) is 2. The molecule has 0 aliphatic heterocycles. The Hall–Kier alpha value is -1.39. The highest BCUT2D eigenvalue weighted by atomic mass is 16.2. The molecule has 0 atom stereocenters. The highest BCUT2D eigenvalue weighted by Gasteiger charge is 2.10. The third kappa shape index (κ3) is 2.54. The zero-order chi connectivity index (χ0) is 13.0. The van der Waals surface area contributed by atoms with E-state index in [0.717, 1.165) is 42.7 Å². The van der Waals surface area contributed by atoms with E-state index in [9.17, 15) is 0 Å². The highest BCUT2D eigenvalue weighted by molar-refractivity contribution is 5.77. The largest absolute Gasteiger partial charge is 0.396 e. The van der Waals surface area contributed by atoms with Gasteiger partial charge in [-0.2, -0.15) is 0 Å². The van der Waals surface area contributed by atoms with Crippen molar-refractivity contribution in [1.82, 2.24) is 9.55 Å². The molecule has 1 aromatic carbocycles. The molecular formula is C14H21N3O. The van der Waals surface area contributed by atoms with Gasteiger partial charge in [0.25, 0.3) is 0 Å². The number of aliphatic hydroxyl groups is 1. The van der Waals surface area contributed by atoms with Crippen LogP contribution in [0.2, 0.25) is 0 Å². The Morgan fingerprint density at radius 1 is 1.39 bits per heavy atom.